The molecule has 0 bridgehead atoms. The number of nitrogens with zero attached hydrogens (tertiary/aromatic N) is 4. The Morgan fingerprint density at radius 1 is 1.15 bits per heavy atom. The van der Waals surface area contributed by atoms with Gasteiger partial charge < -0.3 is 20.1 Å². The van der Waals surface area contributed by atoms with Crippen LogP contribution in [-0.4, -0.2) is 56.1 Å². The van der Waals surface area contributed by atoms with E-state index in [1.165, 1.54) is 6.07 Å². The summed E-state index contributed by atoms with van der Waals surface area (Å²) in [5, 5.41) is 3.82. The molecule has 180 valence electrons. The second-order valence-electron chi connectivity index (χ2n) is 8.49. The quantitative estimate of drug-likeness (QED) is 0.225. The van der Waals surface area contributed by atoms with Gasteiger partial charge in [-0.1, -0.05) is 13.8 Å². The summed E-state index contributed by atoms with van der Waals surface area (Å²) < 4.78 is 25.7. The van der Waals surface area contributed by atoms with E-state index in [2.05, 4.69) is 39.3 Å². The fourth-order valence-electron chi connectivity index (χ4n) is 4.10. The van der Waals surface area contributed by atoms with E-state index >= 15 is 4.39 Å². The number of aromatic nitrogens is 1. The molecular weight excluding hydrogens is 425 g/mol. The molecule has 1 saturated heterocycles. The summed E-state index contributed by atoms with van der Waals surface area (Å²) in [6.45, 7) is 7.92. The Bertz CT molecular complexity index is 976. The maximum Gasteiger partial charge on any atom is 0.179 e. The third-order valence-corrected chi connectivity index (χ3v) is 5.64. The van der Waals surface area contributed by atoms with Crippen LogP contribution < -0.4 is 31.5 Å². The number of hydrazine groups is 1. The third kappa shape index (κ3) is 6.02. The first-order chi connectivity index (χ1) is 15.9. The fraction of sp³-hybridized carbons (Fsp3) is 0.478. The number of nitrogens with two attached hydrogens (primary N) is 2. The molecule has 0 unspecified atom stereocenters. The summed E-state index contributed by atoms with van der Waals surface area (Å²) in [6.07, 6.45) is 2.45. The molecule has 1 aromatic heterocycles. The average Bonchev–Trinajstić information content (AvgIpc) is 2.78. The van der Waals surface area contributed by atoms with Crippen LogP contribution >= 0.6 is 0 Å². The first-order valence-electron chi connectivity index (χ1n) is 11.0. The molecule has 10 heteroatoms. The summed E-state index contributed by atoms with van der Waals surface area (Å²) in [5.74, 6) is 6.59. The van der Waals surface area contributed by atoms with Crippen LogP contribution in [0.3, 0.4) is 0 Å². The number of hydrogen-bond acceptors (Lipinski definition) is 8. The molecule has 0 spiro atoms. The summed E-state index contributed by atoms with van der Waals surface area (Å²) in [5.41, 5.74) is 11.1. The monoisotopic (exact) mass is 459 g/mol. The molecule has 1 aliphatic rings. The van der Waals surface area contributed by atoms with E-state index < -0.39 is 5.82 Å². The predicted octanol–water partition coefficient (Wildman–Crippen LogP) is 1.84. The minimum absolute atomic E-state index is 0.0260. The number of rotatable bonds is 9. The lowest BCUT2D eigenvalue weighted by atomic mass is 9.98. The number of amidine groups is 1. The number of methoxy groups -OCH3 is 2. The SMILES string of the molecule is COc1cnc(CN2CCN(c3cc(CC(C)C)cc(F)c3/C(N)=N/NN)CC2)cc1OC. The number of halogens is 1. The van der Waals surface area contributed by atoms with E-state index in [0.717, 1.165) is 36.5 Å². The first-order valence-corrected chi connectivity index (χ1v) is 11.0. The van der Waals surface area contributed by atoms with E-state index in [0.29, 0.717) is 37.1 Å². The Kier molecular flexibility index (Phi) is 8.29. The van der Waals surface area contributed by atoms with Gasteiger partial charge in [0.1, 0.15) is 5.82 Å². The Labute approximate surface area is 194 Å². The van der Waals surface area contributed by atoms with Crippen molar-refractivity contribution < 1.29 is 13.9 Å². The third-order valence-electron chi connectivity index (χ3n) is 5.64. The first kappa shape index (κ1) is 24.5. The molecule has 33 heavy (non-hydrogen) atoms. The highest BCUT2D eigenvalue weighted by Gasteiger charge is 2.24. The topological polar surface area (TPSA) is 114 Å². The van der Waals surface area contributed by atoms with Gasteiger partial charge in [0.15, 0.2) is 17.3 Å². The lowest BCUT2D eigenvalue weighted by molar-refractivity contribution is 0.246. The maximum absolute atomic E-state index is 15.1. The van der Waals surface area contributed by atoms with Crippen molar-refractivity contribution in [2.75, 3.05) is 45.3 Å². The zero-order valence-electron chi connectivity index (χ0n) is 19.8. The van der Waals surface area contributed by atoms with Gasteiger partial charge in [0.05, 0.1) is 37.4 Å². The molecular formula is C23H34FN7O2. The van der Waals surface area contributed by atoms with Gasteiger partial charge in [-0.15, -0.1) is 5.10 Å². The Hall–Kier alpha value is -3.11. The molecule has 1 aliphatic heterocycles. The average molecular weight is 460 g/mol. The molecule has 0 saturated carbocycles. The number of hydrazone groups is 1. The summed E-state index contributed by atoms with van der Waals surface area (Å²) in [6, 6.07) is 5.45. The molecule has 2 aromatic rings. The summed E-state index contributed by atoms with van der Waals surface area (Å²) in [7, 11) is 3.20. The van der Waals surface area contributed by atoms with E-state index in [9.17, 15) is 0 Å². The van der Waals surface area contributed by atoms with Crippen LogP contribution in [0.1, 0.15) is 30.7 Å². The predicted molar refractivity (Wildman–Crippen MR) is 128 cm³/mol. The van der Waals surface area contributed by atoms with Crippen molar-refractivity contribution in [2.24, 2.45) is 22.6 Å². The second kappa shape index (κ2) is 11.2. The van der Waals surface area contributed by atoms with Crippen LogP contribution in [0, 0.1) is 11.7 Å². The van der Waals surface area contributed by atoms with Gasteiger partial charge in [0.25, 0.3) is 0 Å². The number of anilines is 1. The molecule has 5 N–H and O–H groups in total. The molecule has 9 nitrogen and oxygen atoms in total. The molecule has 0 radical (unpaired) electrons. The molecule has 3 rings (SSSR count). The molecule has 0 amide bonds. The minimum atomic E-state index is -0.392. The van der Waals surface area contributed by atoms with E-state index in [1.807, 2.05) is 12.1 Å². The van der Waals surface area contributed by atoms with Crippen LogP contribution in [0.4, 0.5) is 10.1 Å². The lowest BCUT2D eigenvalue weighted by Gasteiger charge is -2.37. The molecule has 1 fully saturated rings. The summed E-state index contributed by atoms with van der Waals surface area (Å²) >= 11 is 0. The van der Waals surface area contributed by atoms with Crippen molar-refractivity contribution >= 4 is 11.5 Å². The standard InChI is InChI=1S/C23H34FN7O2/c1-15(2)9-16-10-18(24)22(23(25)28-29-26)19(11-16)31-7-5-30(6-8-31)14-17-12-20(32-3)21(33-4)13-27-17/h10-13,15,29H,5-9,14,26H2,1-4H3,(H2,25,28). The number of benzene rings is 1. The fourth-order valence-corrected chi connectivity index (χ4v) is 4.10. The highest BCUT2D eigenvalue weighted by Crippen LogP contribution is 2.29. The highest BCUT2D eigenvalue weighted by molar-refractivity contribution is 6.02. The molecule has 0 atom stereocenters. The van der Waals surface area contributed by atoms with Gasteiger partial charge in [-0.2, -0.15) is 0 Å². The smallest absolute Gasteiger partial charge is 0.179 e. The Morgan fingerprint density at radius 3 is 2.45 bits per heavy atom. The van der Waals surface area contributed by atoms with Gasteiger partial charge in [0.2, 0.25) is 0 Å². The van der Waals surface area contributed by atoms with Crippen LogP contribution in [0.25, 0.3) is 0 Å². The van der Waals surface area contributed by atoms with Gasteiger partial charge in [-0.05, 0) is 30.0 Å². The highest BCUT2D eigenvalue weighted by atomic mass is 19.1. The van der Waals surface area contributed by atoms with Gasteiger partial charge in [-0.3, -0.25) is 9.88 Å². The van der Waals surface area contributed by atoms with Crippen LogP contribution in [-0.2, 0) is 13.0 Å². The van der Waals surface area contributed by atoms with Crippen molar-refractivity contribution in [1.82, 2.24) is 15.4 Å². The number of piperazine rings is 1. The zero-order valence-corrected chi connectivity index (χ0v) is 19.8. The van der Waals surface area contributed by atoms with Crippen molar-refractivity contribution in [2.45, 2.75) is 26.8 Å². The van der Waals surface area contributed by atoms with E-state index in [4.69, 9.17) is 21.1 Å². The van der Waals surface area contributed by atoms with Gasteiger partial charge in [-0.25, -0.2) is 15.8 Å². The normalized spacial score (nSPS) is 15.1. The van der Waals surface area contributed by atoms with Crippen LogP contribution in [0.15, 0.2) is 29.5 Å². The van der Waals surface area contributed by atoms with E-state index in [1.54, 1.807) is 20.4 Å². The molecule has 2 heterocycles. The largest absolute Gasteiger partial charge is 0.493 e. The zero-order chi connectivity index (χ0) is 24.0. The van der Waals surface area contributed by atoms with Crippen molar-refractivity contribution in [3.05, 3.63) is 47.0 Å². The molecule has 1 aromatic carbocycles. The van der Waals surface area contributed by atoms with Crippen LogP contribution in [0.5, 0.6) is 11.5 Å². The molecule has 0 aliphatic carbocycles. The maximum atomic E-state index is 15.1. The van der Waals surface area contributed by atoms with Gasteiger partial charge in [0, 0.05) is 38.8 Å². The Morgan fingerprint density at radius 2 is 1.85 bits per heavy atom. The summed E-state index contributed by atoms with van der Waals surface area (Å²) in [4.78, 5) is 8.93. The number of hydrogen-bond donors (Lipinski definition) is 3. The van der Waals surface area contributed by atoms with Gasteiger partial charge >= 0.3 is 0 Å². The van der Waals surface area contributed by atoms with Crippen molar-refractivity contribution in [3.63, 3.8) is 0 Å². The lowest BCUT2D eigenvalue weighted by Crippen LogP contribution is -2.46. The van der Waals surface area contributed by atoms with E-state index in [-0.39, 0.29) is 11.4 Å². The number of pyridine rings is 1. The Balaban J connectivity index is 1.77. The number of nitrogens with one attached hydrogen (secondary N) is 1. The second-order valence-corrected chi connectivity index (χ2v) is 8.49. The minimum Gasteiger partial charge on any atom is -0.493 e. The van der Waals surface area contributed by atoms with Crippen LogP contribution in [0.2, 0.25) is 0 Å². The van der Waals surface area contributed by atoms with Crippen molar-refractivity contribution in [3.8, 4) is 11.5 Å². The van der Waals surface area contributed by atoms with Crippen molar-refractivity contribution in [1.29, 1.82) is 0 Å². The number of ether oxygens (including phenoxy) is 2.